The van der Waals surface area contributed by atoms with E-state index in [9.17, 15) is 14.4 Å². The SMILES string of the molecule is CCOC(=O)c1c(NC(=O)C(C)OC(=O)c2nc3nc(C)cc(C)n3n2)sc2c1CCCC2. The van der Waals surface area contributed by atoms with Crippen molar-refractivity contribution in [2.24, 2.45) is 0 Å². The van der Waals surface area contributed by atoms with E-state index in [-0.39, 0.29) is 18.2 Å². The van der Waals surface area contributed by atoms with E-state index in [0.717, 1.165) is 47.5 Å². The number of anilines is 1. The van der Waals surface area contributed by atoms with Crippen molar-refractivity contribution in [1.82, 2.24) is 19.6 Å². The predicted octanol–water partition coefficient (Wildman–Crippen LogP) is 3.04. The zero-order valence-corrected chi connectivity index (χ0v) is 19.7. The van der Waals surface area contributed by atoms with Gasteiger partial charge in [0.2, 0.25) is 0 Å². The first-order valence-corrected chi connectivity index (χ1v) is 11.6. The van der Waals surface area contributed by atoms with Crippen molar-refractivity contribution in [2.75, 3.05) is 11.9 Å². The molecule has 0 saturated carbocycles. The van der Waals surface area contributed by atoms with Crippen LogP contribution in [0.5, 0.6) is 0 Å². The Labute approximate surface area is 194 Å². The standard InChI is InChI=1S/C22H25N5O5S/c1-5-31-20(29)16-14-8-6-7-9-15(14)33-19(16)25-18(28)13(4)32-21(30)17-24-22-23-11(2)10-12(3)27(22)26-17/h10,13H,5-9H2,1-4H3,(H,25,28). The van der Waals surface area contributed by atoms with Gasteiger partial charge in [-0.3, -0.25) is 4.79 Å². The maximum atomic E-state index is 12.8. The molecule has 0 spiro atoms. The summed E-state index contributed by atoms with van der Waals surface area (Å²) in [7, 11) is 0. The molecule has 1 aliphatic rings. The molecule has 1 unspecified atom stereocenters. The van der Waals surface area contributed by atoms with Crippen molar-refractivity contribution in [2.45, 2.75) is 59.5 Å². The fourth-order valence-electron chi connectivity index (χ4n) is 3.81. The number of fused-ring (bicyclic) bond motifs is 2. The van der Waals surface area contributed by atoms with E-state index < -0.39 is 23.9 Å². The molecule has 1 aliphatic carbocycles. The summed E-state index contributed by atoms with van der Waals surface area (Å²) in [5.41, 5.74) is 2.86. The molecule has 3 aromatic heterocycles. The molecule has 1 atom stereocenters. The molecule has 0 aliphatic heterocycles. The fourth-order valence-corrected chi connectivity index (χ4v) is 5.09. The molecular formula is C22H25N5O5S. The first kappa shape index (κ1) is 22.8. The lowest BCUT2D eigenvalue weighted by molar-refractivity contribution is -0.123. The van der Waals surface area contributed by atoms with Gasteiger partial charge in [-0.25, -0.2) is 19.1 Å². The van der Waals surface area contributed by atoms with Crippen LogP contribution in [0.2, 0.25) is 0 Å². The van der Waals surface area contributed by atoms with Gasteiger partial charge in [0.15, 0.2) is 6.10 Å². The maximum Gasteiger partial charge on any atom is 0.379 e. The number of ether oxygens (including phenoxy) is 2. The number of esters is 2. The van der Waals surface area contributed by atoms with E-state index in [4.69, 9.17) is 9.47 Å². The summed E-state index contributed by atoms with van der Waals surface area (Å²) in [6.45, 7) is 7.07. The predicted molar refractivity (Wildman–Crippen MR) is 121 cm³/mol. The number of nitrogens with zero attached hydrogens (tertiary/aromatic N) is 4. The van der Waals surface area contributed by atoms with Crippen LogP contribution in [0, 0.1) is 13.8 Å². The summed E-state index contributed by atoms with van der Waals surface area (Å²) in [6, 6.07) is 1.81. The molecule has 4 rings (SSSR count). The van der Waals surface area contributed by atoms with Crippen LogP contribution < -0.4 is 5.32 Å². The Balaban J connectivity index is 1.50. The van der Waals surface area contributed by atoms with E-state index in [2.05, 4.69) is 20.4 Å². The highest BCUT2D eigenvalue weighted by atomic mass is 32.1. The molecule has 0 aromatic carbocycles. The smallest absolute Gasteiger partial charge is 0.379 e. The Morgan fingerprint density at radius 3 is 2.70 bits per heavy atom. The average Bonchev–Trinajstić information content (AvgIpc) is 3.35. The van der Waals surface area contributed by atoms with E-state index in [1.165, 1.54) is 22.8 Å². The average molecular weight is 472 g/mol. The van der Waals surface area contributed by atoms with Crippen molar-refractivity contribution >= 4 is 40.0 Å². The lowest BCUT2D eigenvalue weighted by Gasteiger charge is -2.13. The van der Waals surface area contributed by atoms with Crippen molar-refractivity contribution in [3.63, 3.8) is 0 Å². The van der Waals surface area contributed by atoms with Gasteiger partial charge in [-0.2, -0.15) is 4.98 Å². The molecule has 3 heterocycles. The van der Waals surface area contributed by atoms with E-state index in [1.807, 2.05) is 19.9 Å². The number of carbonyl (C=O) groups excluding carboxylic acids is 3. The van der Waals surface area contributed by atoms with Crippen LogP contribution in [-0.4, -0.2) is 50.1 Å². The van der Waals surface area contributed by atoms with Gasteiger partial charge in [-0.1, -0.05) is 0 Å². The number of hydrogen-bond donors (Lipinski definition) is 1. The quantitative estimate of drug-likeness (QED) is 0.544. The molecule has 0 radical (unpaired) electrons. The van der Waals surface area contributed by atoms with Crippen LogP contribution in [0.25, 0.3) is 5.78 Å². The van der Waals surface area contributed by atoms with Crippen LogP contribution in [-0.2, 0) is 27.1 Å². The highest BCUT2D eigenvalue weighted by Crippen LogP contribution is 2.38. The van der Waals surface area contributed by atoms with Gasteiger partial charge < -0.3 is 14.8 Å². The van der Waals surface area contributed by atoms with Gasteiger partial charge in [0.05, 0.1) is 12.2 Å². The highest BCUT2D eigenvalue weighted by Gasteiger charge is 2.29. The Hall–Kier alpha value is -3.34. The molecule has 10 nitrogen and oxygen atoms in total. The summed E-state index contributed by atoms with van der Waals surface area (Å²) in [5, 5.41) is 7.30. The van der Waals surface area contributed by atoms with Crippen molar-refractivity contribution in [3.8, 4) is 0 Å². The maximum absolute atomic E-state index is 12.8. The molecule has 0 bridgehead atoms. The van der Waals surface area contributed by atoms with Crippen molar-refractivity contribution in [1.29, 1.82) is 0 Å². The normalized spacial score (nSPS) is 13.9. The van der Waals surface area contributed by atoms with E-state index in [0.29, 0.717) is 10.6 Å². The van der Waals surface area contributed by atoms with Crippen molar-refractivity contribution in [3.05, 3.63) is 39.3 Å². The third-order valence-corrected chi connectivity index (χ3v) is 6.55. The molecule has 0 saturated heterocycles. The van der Waals surface area contributed by atoms with Crippen LogP contribution in [0.4, 0.5) is 5.00 Å². The molecule has 1 amide bonds. The summed E-state index contributed by atoms with van der Waals surface area (Å²) < 4.78 is 11.9. The minimum atomic E-state index is -1.13. The number of amides is 1. The van der Waals surface area contributed by atoms with Gasteiger partial charge in [-0.15, -0.1) is 16.4 Å². The zero-order valence-electron chi connectivity index (χ0n) is 18.9. The van der Waals surface area contributed by atoms with Crippen LogP contribution in [0.1, 0.15) is 69.5 Å². The summed E-state index contributed by atoms with van der Waals surface area (Å²) in [6.07, 6.45) is 2.52. The Morgan fingerprint density at radius 2 is 1.94 bits per heavy atom. The Bertz CT molecular complexity index is 1250. The summed E-state index contributed by atoms with van der Waals surface area (Å²) in [5.74, 6) is -1.75. The fraction of sp³-hybridized carbons (Fsp3) is 0.455. The zero-order chi connectivity index (χ0) is 23.7. The van der Waals surface area contributed by atoms with Gasteiger partial charge in [0.25, 0.3) is 17.5 Å². The number of aryl methyl sites for hydroxylation is 3. The number of nitrogens with one attached hydrogen (secondary N) is 1. The van der Waals surface area contributed by atoms with Crippen LogP contribution >= 0.6 is 11.3 Å². The van der Waals surface area contributed by atoms with Gasteiger partial charge in [0.1, 0.15) is 5.00 Å². The monoisotopic (exact) mass is 471 g/mol. The number of aromatic nitrogens is 4. The molecule has 174 valence electrons. The summed E-state index contributed by atoms with van der Waals surface area (Å²) in [4.78, 5) is 47.4. The Morgan fingerprint density at radius 1 is 1.18 bits per heavy atom. The van der Waals surface area contributed by atoms with Gasteiger partial charge >= 0.3 is 11.9 Å². The number of hydrogen-bond acceptors (Lipinski definition) is 9. The topological polar surface area (TPSA) is 125 Å². The van der Waals surface area contributed by atoms with Crippen LogP contribution in [0.15, 0.2) is 6.07 Å². The first-order valence-electron chi connectivity index (χ1n) is 10.8. The van der Waals surface area contributed by atoms with E-state index in [1.54, 1.807) is 6.92 Å². The number of rotatable bonds is 6. The third kappa shape index (κ3) is 4.58. The highest BCUT2D eigenvalue weighted by molar-refractivity contribution is 7.17. The first-order chi connectivity index (χ1) is 15.8. The van der Waals surface area contributed by atoms with Crippen LogP contribution in [0.3, 0.4) is 0 Å². The second-order valence-electron chi connectivity index (χ2n) is 7.86. The summed E-state index contributed by atoms with van der Waals surface area (Å²) >= 11 is 1.37. The largest absolute Gasteiger partial charge is 0.462 e. The number of thiophene rings is 1. The molecular weight excluding hydrogens is 446 g/mol. The van der Waals surface area contributed by atoms with E-state index >= 15 is 0 Å². The van der Waals surface area contributed by atoms with Crippen molar-refractivity contribution < 1.29 is 23.9 Å². The lowest BCUT2D eigenvalue weighted by atomic mass is 9.95. The lowest BCUT2D eigenvalue weighted by Crippen LogP contribution is -2.30. The Kier molecular flexibility index (Phi) is 6.41. The molecule has 11 heteroatoms. The minimum Gasteiger partial charge on any atom is -0.462 e. The number of carbonyl (C=O) groups is 3. The second kappa shape index (κ2) is 9.26. The molecule has 3 aromatic rings. The molecule has 0 fully saturated rings. The molecule has 33 heavy (non-hydrogen) atoms. The molecule has 1 N–H and O–H groups in total. The third-order valence-electron chi connectivity index (χ3n) is 5.34. The second-order valence-corrected chi connectivity index (χ2v) is 8.96. The van der Waals surface area contributed by atoms with Gasteiger partial charge in [-0.05, 0) is 65.0 Å². The van der Waals surface area contributed by atoms with Gasteiger partial charge in [0, 0.05) is 16.3 Å². The minimum absolute atomic E-state index is 0.186.